The van der Waals surface area contributed by atoms with Crippen molar-refractivity contribution in [2.75, 3.05) is 26.7 Å². The fourth-order valence-electron chi connectivity index (χ4n) is 4.15. The van der Waals surface area contributed by atoms with Crippen molar-refractivity contribution in [3.05, 3.63) is 0 Å². The molecule has 0 bridgehead atoms. The lowest BCUT2D eigenvalue weighted by atomic mass is 9.67. The van der Waals surface area contributed by atoms with Crippen molar-refractivity contribution in [2.45, 2.75) is 44.6 Å². The van der Waals surface area contributed by atoms with Crippen LogP contribution in [-0.2, 0) is 9.59 Å². The molecule has 3 fully saturated rings. The highest BCUT2D eigenvalue weighted by atomic mass is 35.5. The topological polar surface area (TPSA) is 61.4 Å². The quantitative estimate of drug-likeness (QED) is 0.797. The zero-order valence-corrected chi connectivity index (χ0v) is 13.5. The number of carbonyl (C=O) groups is 2. The SMILES string of the molecule is CN1CC(NC(=O)[C@@]23CCCC[C@H]2CNC3)CCC1=O.Cl. The molecule has 2 N–H and O–H groups in total. The number of halogens is 1. The van der Waals surface area contributed by atoms with Gasteiger partial charge in [-0.05, 0) is 31.7 Å². The third-order valence-corrected chi connectivity index (χ3v) is 5.45. The minimum atomic E-state index is -0.182. The molecule has 0 aromatic rings. The average Bonchev–Trinajstić information content (AvgIpc) is 2.88. The Morgan fingerprint density at radius 1 is 1.38 bits per heavy atom. The van der Waals surface area contributed by atoms with E-state index in [1.54, 1.807) is 4.90 Å². The Labute approximate surface area is 132 Å². The first-order valence-corrected chi connectivity index (χ1v) is 7.87. The van der Waals surface area contributed by atoms with Crippen LogP contribution in [0, 0.1) is 11.3 Å². The van der Waals surface area contributed by atoms with Crippen LogP contribution >= 0.6 is 12.4 Å². The molecular formula is C15H26ClN3O2. The molecule has 5 nitrogen and oxygen atoms in total. The van der Waals surface area contributed by atoms with E-state index in [-0.39, 0.29) is 35.7 Å². The Hall–Kier alpha value is -0.810. The van der Waals surface area contributed by atoms with Crippen molar-refractivity contribution < 1.29 is 9.59 Å². The number of amides is 2. The molecule has 2 heterocycles. The van der Waals surface area contributed by atoms with Gasteiger partial charge in [-0.2, -0.15) is 0 Å². The summed E-state index contributed by atoms with van der Waals surface area (Å²) in [6, 6.07) is 0.128. The lowest BCUT2D eigenvalue weighted by molar-refractivity contribution is -0.138. The first-order chi connectivity index (χ1) is 9.62. The first-order valence-electron chi connectivity index (χ1n) is 7.87. The smallest absolute Gasteiger partial charge is 0.228 e. The van der Waals surface area contributed by atoms with E-state index in [9.17, 15) is 9.59 Å². The number of likely N-dealkylation sites (tertiary alicyclic amines) is 1. The fourth-order valence-corrected chi connectivity index (χ4v) is 4.15. The highest BCUT2D eigenvalue weighted by Crippen LogP contribution is 2.44. The van der Waals surface area contributed by atoms with E-state index in [4.69, 9.17) is 0 Å². The number of nitrogens with zero attached hydrogens (tertiary/aromatic N) is 1. The van der Waals surface area contributed by atoms with Gasteiger partial charge in [-0.1, -0.05) is 12.8 Å². The van der Waals surface area contributed by atoms with E-state index < -0.39 is 0 Å². The van der Waals surface area contributed by atoms with Gasteiger partial charge in [0, 0.05) is 32.6 Å². The number of rotatable bonds is 2. The van der Waals surface area contributed by atoms with Crippen molar-refractivity contribution in [3.63, 3.8) is 0 Å². The van der Waals surface area contributed by atoms with Gasteiger partial charge in [0.1, 0.15) is 0 Å². The maximum atomic E-state index is 12.8. The van der Waals surface area contributed by atoms with Crippen molar-refractivity contribution in [3.8, 4) is 0 Å². The van der Waals surface area contributed by atoms with Crippen molar-refractivity contribution in [2.24, 2.45) is 11.3 Å². The molecule has 120 valence electrons. The van der Waals surface area contributed by atoms with E-state index in [0.717, 1.165) is 32.4 Å². The second-order valence-electron chi connectivity index (χ2n) is 6.71. The van der Waals surface area contributed by atoms with Gasteiger partial charge in [0.25, 0.3) is 0 Å². The van der Waals surface area contributed by atoms with Gasteiger partial charge in [-0.25, -0.2) is 0 Å². The van der Waals surface area contributed by atoms with E-state index in [0.29, 0.717) is 18.9 Å². The van der Waals surface area contributed by atoms with E-state index in [1.807, 2.05) is 7.05 Å². The minimum Gasteiger partial charge on any atom is -0.351 e. The van der Waals surface area contributed by atoms with Crippen LogP contribution in [0.1, 0.15) is 38.5 Å². The molecule has 0 radical (unpaired) electrons. The van der Waals surface area contributed by atoms with Gasteiger partial charge >= 0.3 is 0 Å². The molecule has 3 atom stereocenters. The normalized spacial score (nSPS) is 35.9. The summed E-state index contributed by atoms with van der Waals surface area (Å²) in [5, 5.41) is 6.64. The van der Waals surface area contributed by atoms with Gasteiger partial charge in [-0.3, -0.25) is 9.59 Å². The van der Waals surface area contributed by atoms with Gasteiger partial charge < -0.3 is 15.5 Å². The van der Waals surface area contributed by atoms with Crippen molar-refractivity contribution >= 4 is 24.2 Å². The predicted octanol–water partition coefficient (Wildman–Crippen LogP) is 0.925. The summed E-state index contributed by atoms with van der Waals surface area (Å²) in [5.41, 5.74) is -0.182. The number of hydrogen-bond donors (Lipinski definition) is 2. The van der Waals surface area contributed by atoms with E-state index >= 15 is 0 Å². The van der Waals surface area contributed by atoms with Crippen LogP contribution in [0.2, 0.25) is 0 Å². The van der Waals surface area contributed by atoms with Crippen molar-refractivity contribution in [1.29, 1.82) is 0 Å². The van der Waals surface area contributed by atoms with Crippen LogP contribution in [0.4, 0.5) is 0 Å². The minimum absolute atomic E-state index is 0. The zero-order chi connectivity index (χ0) is 14.2. The number of nitrogens with one attached hydrogen (secondary N) is 2. The monoisotopic (exact) mass is 315 g/mol. The molecule has 3 aliphatic rings. The molecule has 2 saturated heterocycles. The summed E-state index contributed by atoms with van der Waals surface area (Å²) < 4.78 is 0. The predicted molar refractivity (Wildman–Crippen MR) is 83.3 cm³/mol. The average molecular weight is 316 g/mol. The molecule has 2 amide bonds. The van der Waals surface area contributed by atoms with Gasteiger partial charge in [0.05, 0.1) is 5.41 Å². The molecule has 1 aliphatic carbocycles. The molecule has 2 aliphatic heterocycles. The Balaban J connectivity index is 0.00000161. The standard InChI is InChI=1S/C15H25N3O2.ClH/c1-18-9-12(5-6-13(18)19)17-14(20)15-7-3-2-4-11(15)8-16-10-15;/h11-12,16H,2-10H2,1H3,(H,17,20);1H/t11-,12?,15+;/m0./s1. The maximum Gasteiger partial charge on any atom is 0.228 e. The molecule has 1 saturated carbocycles. The summed E-state index contributed by atoms with van der Waals surface area (Å²) >= 11 is 0. The lowest BCUT2D eigenvalue weighted by Gasteiger charge is -2.39. The molecule has 6 heteroatoms. The number of piperidine rings is 1. The van der Waals surface area contributed by atoms with E-state index in [1.165, 1.54) is 12.8 Å². The van der Waals surface area contributed by atoms with Gasteiger partial charge in [0.2, 0.25) is 11.8 Å². The van der Waals surface area contributed by atoms with Gasteiger partial charge in [-0.15, -0.1) is 12.4 Å². The summed E-state index contributed by atoms with van der Waals surface area (Å²) in [7, 11) is 1.82. The molecule has 1 unspecified atom stereocenters. The summed E-state index contributed by atoms with van der Waals surface area (Å²) in [6.07, 6.45) is 5.93. The Morgan fingerprint density at radius 2 is 2.19 bits per heavy atom. The van der Waals surface area contributed by atoms with Crippen LogP contribution in [0.25, 0.3) is 0 Å². The summed E-state index contributed by atoms with van der Waals surface area (Å²) in [4.78, 5) is 26.0. The van der Waals surface area contributed by atoms with Crippen molar-refractivity contribution in [1.82, 2.24) is 15.5 Å². The number of hydrogen-bond acceptors (Lipinski definition) is 3. The van der Waals surface area contributed by atoms with Gasteiger partial charge in [0.15, 0.2) is 0 Å². The molecule has 0 aromatic carbocycles. The Morgan fingerprint density at radius 3 is 2.95 bits per heavy atom. The number of fused-ring (bicyclic) bond motifs is 1. The Bertz CT molecular complexity index is 418. The summed E-state index contributed by atoms with van der Waals surface area (Å²) in [6.45, 7) is 2.46. The summed E-state index contributed by atoms with van der Waals surface area (Å²) in [5.74, 6) is 0.908. The highest BCUT2D eigenvalue weighted by molar-refractivity contribution is 5.85. The highest BCUT2D eigenvalue weighted by Gasteiger charge is 2.50. The van der Waals surface area contributed by atoms with Crippen LogP contribution in [-0.4, -0.2) is 49.4 Å². The zero-order valence-electron chi connectivity index (χ0n) is 12.7. The molecular weight excluding hydrogens is 290 g/mol. The van der Waals surface area contributed by atoms with Crippen LogP contribution in [0.5, 0.6) is 0 Å². The van der Waals surface area contributed by atoms with Crippen LogP contribution < -0.4 is 10.6 Å². The van der Waals surface area contributed by atoms with E-state index in [2.05, 4.69) is 10.6 Å². The molecule has 3 rings (SSSR count). The number of carbonyl (C=O) groups excluding carboxylic acids is 2. The number of likely N-dealkylation sites (N-methyl/N-ethyl adjacent to an activating group) is 1. The largest absolute Gasteiger partial charge is 0.351 e. The van der Waals surface area contributed by atoms with Crippen LogP contribution in [0.15, 0.2) is 0 Å². The second kappa shape index (κ2) is 6.53. The second-order valence-corrected chi connectivity index (χ2v) is 6.71. The Kier molecular flexibility index (Phi) is 5.15. The third kappa shape index (κ3) is 3.04. The fraction of sp³-hybridized carbons (Fsp3) is 0.867. The molecule has 0 spiro atoms. The maximum absolute atomic E-state index is 12.8. The first kappa shape index (κ1) is 16.6. The third-order valence-electron chi connectivity index (χ3n) is 5.45. The van der Waals surface area contributed by atoms with Crippen LogP contribution in [0.3, 0.4) is 0 Å². The lowest BCUT2D eigenvalue weighted by Crippen LogP contribution is -2.55. The molecule has 0 aromatic heterocycles. The molecule has 21 heavy (non-hydrogen) atoms.